The number of anilines is 1. The Morgan fingerprint density at radius 1 is 1.12 bits per heavy atom. The first-order valence-electron chi connectivity index (χ1n) is 10.1. The van der Waals surface area contributed by atoms with Crippen LogP contribution in [0.2, 0.25) is 10.0 Å². The van der Waals surface area contributed by atoms with Gasteiger partial charge in [-0.25, -0.2) is 8.42 Å². The summed E-state index contributed by atoms with van der Waals surface area (Å²) in [6.07, 6.45) is 1.04. The van der Waals surface area contributed by atoms with Crippen molar-refractivity contribution in [1.82, 2.24) is 10.2 Å². The molecule has 1 N–H and O–H groups in total. The second-order valence-corrected chi connectivity index (χ2v) is 11.1. The van der Waals surface area contributed by atoms with Crippen molar-refractivity contribution in [2.24, 2.45) is 0 Å². The first-order valence-corrected chi connectivity index (χ1v) is 13.5. The molecule has 0 heterocycles. The van der Waals surface area contributed by atoms with Gasteiger partial charge in [0, 0.05) is 17.6 Å². The van der Waals surface area contributed by atoms with E-state index in [-0.39, 0.29) is 12.5 Å². The monoisotopic (exact) mass is 577 g/mol. The summed E-state index contributed by atoms with van der Waals surface area (Å²) in [6, 6.07) is 9.08. The van der Waals surface area contributed by atoms with E-state index in [0.717, 1.165) is 20.6 Å². The van der Waals surface area contributed by atoms with Gasteiger partial charge in [-0.2, -0.15) is 0 Å². The highest BCUT2D eigenvalue weighted by Crippen LogP contribution is 2.26. The first-order chi connectivity index (χ1) is 15.3. The number of hydrogen-bond acceptors (Lipinski definition) is 4. The van der Waals surface area contributed by atoms with E-state index in [9.17, 15) is 18.0 Å². The Balaban J connectivity index is 2.42. The molecule has 2 amide bonds. The molecule has 2 aromatic carbocycles. The second kappa shape index (κ2) is 11.6. The van der Waals surface area contributed by atoms with Gasteiger partial charge >= 0.3 is 0 Å². The SMILES string of the molecule is CCNC(=O)[C@@H](C)N(Cc1ccc(Cl)c(Cl)c1)C(=O)CN(c1ccc(Br)c(C)c1)S(C)(=O)=O. The Kier molecular flexibility index (Phi) is 9.60. The minimum absolute atomic E-state index is 0.0466. The number of rotatable bonds is 9. The van der Waals surface area contributed by atoms with E-state index in [0.29, 0.717) is 27.8 Å². The number of aryl methyl sites for hydroxylation is 1. The van der Waals surface area contributed by atoms with Crippen LogP contribution < -0.4 is 9.62 Å². The molecule has 0 aliphatic carbocycles. The van der Waals surface area contributed by atoms with Crippen molar-refractivity contribution in [2.45, 2.75) is 33.4 Å². The van der Waals surface area contributed by atoms with Crippen molar-refractivity contribution in [2.75, 3.05) is 23.7 Å². The minimum Gasteiger partial charge on any atom is -0.355 e. The van der Waals surface area contributed by atoms with E-state index in [1.54, 1.807) is 50.2 Å². The smallest absolute Gasteiger partial charge is 0.244 e. The summed E-state index contributed by atoms with van der Waals surface area (Å²) in [6.45, 7) is 5.16. The molecule has 0 radical (unpaired) electrons. The van der Waals surface area contributed by atoms with E-state index >= 15 is 0 Å². The Labute approximate surface area is 213 Å². The quantitative estimate of drug-likeness (QED) is 0.478. The Hall–Kier alpha value is -1.81. The largest absolute Gasteiger partial charge is 0.355 e. The average Bonchev–Trinajstić information content (AvgIpc) is 2.73. The third-order valence-electron chi connectivity index (χ3n) is 4.96. The summed E-state index contributed by atoms with van der Waals surface area (Å²) < 4.78 is 27.0. The van der Waals surface area contributed by atoms with Crippen molar-refractivity contribution in [1.29, 1.82) is 0 Å². The Morgan fingerprint density at radius 3 is 2.33 bits per heavy atom. The number of sulfonamides is 1. The fourth-order valence-corrected chi connectivity index (χ4v) is 4.55. The maximum atomic E-state index is 13.4. The first kappa shape index (κ1) is 27.4. The van der Waals surface area contributed by atoms with Gasteiger partial charge in [-0.15, -0.1) is 0 Å². The van der Waals surface area contributed by atoms with Crippen LogP contribution in [0.3, 0.4) is 0 Å². The lowest BCUT2D eigenvalue weighted by Gasteiger charge is -2.31. The molecule has 0 aliphatic heterocycles. The molecule has 0 saturated heterocycles. The van der Waals surface area contributed by atoms with Crippen LogP contribution in [0.4, 0.5) is 5.69 Å². The molecule has 11 heteroatoms. The molecule has 0 saturated carbocycles. The third kappa shape index (κ3) is 7.34. The van der Waals surface area contributed by atoms with Crippen molar-refractivity contribution >= 4 is 66.7 Å². The van der Waals surface area contributed by atoms with E-state index in [1.165, 1.54) is 4.90 Å². The lowest BCUT2D eigenvalue weighted by Crippen LogP contribution is -2.51. The molecule has 2 aromatic rings. The van der Waals surface area contributed by atoms with Gasteiger partial charge in [0.2, 0.25) is 21.8 Å². The van der Waals surface area contributed by atoms with Crippen LogP contribution in [0, 0.1) is 6.92 Å². The molecule has 1 atom stereocenters. The number of likely N-dealkylation sites (N-methyl/N-ethyl adjacent to an activating group) is 1. The van der Waals surface area contributed by atoms with Gasteiger partial charge in [0.05, 0.1) is 22.0 Å². The van der Waals surface area contributed by atoms with Gasteiger partial charge in [-0.05, 0) is 62.2 Å². The van der Waals surface area contributed by atoms with E-state index in [4.69, 9.17) is 23.2 Å². The molecule has 2 rings (SSSR count). The van der Waals surface area contributed by atoms with Crippen LogP contribution in [-0.2, 0) is 26.2 Å². The van der Waals surface area contributed by atoms with Gasteiger partial charge in [0.15, 0.2) is 0 Å². The third-order valence-corrected chi connectivity index (χ3v) is 7.73. The van der Waals surface area contributed by atoms with Gasteiger partial charge in [0.25, 0.3) is 0 Å². The van der Waals surface area contributed by atoms with Crippen LogP contribution >= 0.6 is 39.1 Å². The molecule has 0 spiro atoms. The summed E-state index contributed by atoms with van der Waals surface area (Å²) in [5.41, 5.74) is 1.82. The topological polar surface area (TPSA) is 86.8 Å². The molecule has 33 heavy (non-hydrogen) atoms. The minimum atomic E-state index is -3.79. The second-order valence-electron chi connectivity index (χ2n) is 7.54. The van der Waals surface area contributed by atoms with E-state index in [2.05, 4.69) is 21.2 Å². The van der Waals surface area contributed by atoms with Crippen LogP contribution in [-0.4, -0.2) is 50.5 Å². The number of amides is 2. The van der Waals surface area contributed by atoms with Gasteiger partial charge in [-0.1, -0.05) is 45.2 Å². The standard InChI is InChI=1S/C22H26BrCl2N3O4S/c1-5-26-22(30)15(3)27(12-16-6-9-19(24)20(25)11-16)21(29)13-28(33(4,31)32)17-7-8-18(23)14(2)10-17/h6-11,15H,5,12-13H2,1-4H3,(H,26,30)/t15-/m1/s1. The summed E-state index contributed by atoms with van der Waals surface area (Å²) in [5, 5.41) is 3.38. The van der Waals surface area contributed by atoms with Gasteiger partial charge < -0.3 is 10.2 Å². The summed E-state index contributed by atoms with van der Waals surface area (Å²) >= 11 is 15.5. The van der Waals surface area contributed by atoms with Crippen LogP contribution in [0.15, 0.2) is 40.9 Å². The maximum absolute atomic E-state index is 13.4. The molecule has 0 bridgehead atoms. The number of halogens is 3. The number of benzene rings is 2. The van der Waals surface area contributed by atoms with E-state index < -0.39 is 28.5 Å². The highest BCUT2D eigenvalue weighted by Gasteiger charge is 2.30. The molecule has 7 nitrogen and oxygen atoms in total. The van der Waals surface area contributed by atoms with E-state index in [1.807, 2.05) is 6.92 Å². The van der Waals surface area contributed by atoms with Crippen molar-refractivity contribution in [3.63, 3.8) is 0 Å². The fourth-order valence-electron chi connectivity index (χ4n) is 3.14. The number of hydrogen-bond donors (Lipinski definition) is 1. The summed E-state index contributed by atoms with van der Waals surface area (Å²) in [4.78, 5) is 27.3. The maximum Gasteiger partial charge on any atom is 0.244 e. The van der Waals surface area contributed by atoms with Crippen LogP contribution in [0.5, 0.6) is 0 Å². The Bertz CT molecular complexity index is 1140. The predicted octanol–water partition coefficient (Wildman–Crippen LogP) is 4.38. The number of carbonyl (C=O) groups is 2. The molecule has 0 aromatic heterocycles. The van der Waals surface area contributed by atoms with Crippen molar-refractivity contribution in [3.8, 4) is 0 Å². The van der Waals surface area contributed by atoms with Crippen LogP contribution in [0.1, 0.15) is 25.0 Å². The summed E-state index contributed by atoms with van der Waals surface area (Å²) in [5.74, 6) is -0.887. The van der Waals surface area contributed by atoms with Crippen molar-refractivity contribution in [3.05, 3.63) is 62.0 Å². The van der Waals surface area contributed by atoms with Gasteiger partial charge in [-0.3, -0.25) is 13.9 Å². The zero-order valence-electron chi connectivity index (χ0n) is 18.7. The summed E-state index contributed by atoms with van der Waals surface area (Å²) in [7, 11) is -3.79. The zero-order valence-corrected chi connectivity index (χ0v) is 22.6. The Morgan fingerprint density at radius 2 is 1.79 bits per heavy atom. The fraction of sp³-hybridized carbons (Fsp3) is 0.364. The molecule has 0 aliphatic rings. The molecular weight excluding hydrogens is 553 g/mol. The lowest BCUT2D eigenvalue weighted by atomic mass is 10.1. The lowest BCUT2D eigenvalue weighted by molar-refractivity contribution is -0.139. The van der Waals surface area contributed by atoms with Crippen LogP contribution in [0.25, 0.3) is 0 Å². The average molecular weight is 579 g/mol. The predicted molar refractivity (Wildman–Crippen MR) is 136 cm³/mol. The number of nitrogens with zero attached hydrogens (tertiary/aromatic N) is 2. The molecular formula is C22H26BrCl2N3O4S. The molecule has 0 unspecified atom stereocenters. The highest BCUT2D eigenvalue weighted by molar-refractivity contribution is 9.10. The van der Waals surface area contributed by atoms with Crippen molar-refractivity contribution < 1.29 is 18.0 Å². The number of nitrogens with one attached hydrogen (secondary N) is 1. The molecule has 180 valence electrons. The normalized spacial score (nSPS) is 12.2. The zero-order chi connectivity index (χ0) is 24.9. The highest BCUT2D eigenvalue weighted by atomic mass is 79.9. The molecule has 0 fully saturated rings. The van der Waals surface area contributed by atoms with Gasteiger partial charge in [0.1, 0.15) is 12.6 Å². The number of carbonyl (C=O) groups excluding carboxylic acids is 2.